The molecule has 2 aromatic rings. The van der Waals surface area contributed by atoms with E-state index in [-0.39, 0.29) is 18.1 Å². The third kappa shape index (κ3) is 3.61. The molecule has 136 valence electrons. The summed E-state index contributed by atoms with van der Waals surface area (Å²) in [6.45, 7) is 0. The van der Waals surface area contributed by atoms with E-state index in [1.165, 1.54) is 24.1 Å². The first-order chi connectivity index (χ1) is 12.5. The average molecular weight is 358 g/mol. The van der Waals surface area contributed by atoms with Gasteiger partial charge in [0.1, 0.15) is 6.10 Å². The third-order valence-corrected chi connectivity index (χ3v) is 4.37. The predicted molar refractivity (Wildman–Crippen MR) is 93.4 cm³/mol. The monoisotopic (exact) mass is 358 g/mol. The highest BCUT2D eigenvalue weighted by molar-refractivity contribution is 5.97. The summed E-state index contributed by atoms with van der Waals surface area (Å²) in [6.07, 6.45) is -1.21. The summed E-state index contributed by atoms with van der Waals surface area (Å²) >= 11 is 0. The highest BCUT2D eigenvalue weighted by Crippen LogP contribution is 2.33. The molecule has 0 radical (unpaired) electrons. The quantitative estimate of drug-likeness (QED) is 0.891. The fourth-order valence-electron chi connectivity index (χ4n) is 3.25. The highest BCUT2D eigenvalue weighted by atomic mass is 19.1. The molecule has 1 heterocycles. The number of carbonyl (C=O) groups is 2. The SMILES string of the molecule is COc1ccc(N2C(=O)CC(OC(N)=O)C2Cc2ccccc2)cc1F. The maximum atomic E-state index is 14.1. The summed E-state index contributed by atoms with van der Waals surface area (Å²) in [5.41, 5.74) is 6.49. The van der Waals surface area contributed by atoms with Crippen molar-refractivity contribution in [3.63, 3.8) is 0 Å². The summed E-state index contributed by atoms with van der Waals surface area (Å²) in [5, 5.41) is 0. The summed E-state index contributed by atoms with van der Waals surface area (Å²) in [7, 11) is 1.37. The van der Waals surface area contributed by atoms with Gasteiger partial charge in [0.15, 0.2) is 11.6 Å². The second-order valence-corrected chi connectivity index (χ2v) is 6.02. The minimum Gasteiger partial charge on any atom is -0.494 e. The van der Waals surface area contributed by atoms with Gasteiger partial charge in [0.05, 0.1) is 19.6 Å². The number of anilines is 1. The number of rotatable bonds is 5. The Morgan fingerprint density at radius 1 is 1.27 bits per heavy atom. The second kappa shape index (κ2) is 7.43. The van der Waals surface area contributed by atoms with E-state index in [4.69, 9.17) is 15.2 Å². The van der Waals surface area contributed by atoms with Crippen LogP contribution >= 0.6 is 0 Å². The number of hydrogen-bond donors (Lipinski definition) is 1. The van der Waals surface area contributed by atoms with Crippen LogP contribution in [0, 0.1) is 5.82 Å². The van der Waals surface area contributed by atoms with Crippen LogP contribution in [0.1, 0.15) is 12.0 Å². The fourth-order valence-corrected chi connectivity index (χ4v) is 3.25. The van der Waals surface area contributed by atoms with Gasteiger partial charge in [-0.2, -0.15) is 0 Å². The molecule has 2 atom stereocenters. The van der Waals surface area contributed by atoms with Crippen molar-refractivity contribution in [3.05, 3.63) is 59.9 Å². The van der Waals surface area contributed by atoms with Crippen LogP contribution in [0.15, 0.2) is 48.5 Å². The largest absolute Gasteiger partial charge is 0.494 e. The van der Waals surface area contributed by atoms with Gasteiger partial charge in [0, 0.05) is 11.8 Å². The lowest BCUT2D eigenvalue weighted by molar-refractivity contribution is -0.117. The Morgan fingerprint density at radius 3 is 2.62 bits per heavy atom. The van der Waals surface area contributed by atoms with E-state index >= 15 is 0 Å². The number of ether oxygens (including phenoxy) is 2. The topological polar surface area (TPSA) is 81.9 Å². The van der Waals surface area contributed by atoms with E-state index in [0.717, 1.165) is 5.56 Å². The fraction of sp³-hybridized carbons (Fsp3) is 0.263. The van der Waals surface area contributed by atoms with Crippen molar-refractivity contribution in [3.8, 4) is 5.75 Å². The summed E-state index contributed by atoms with van der Waals surface area (Å²) in [4.78, 5) is 25.3. The molecule has 7 heteroatoms. The van der Waals surface area contributed by atoms with Crippen LogP contribution in [-0.2, 0) is 16.0 Å². The molecule has 2 N–H and O–H groups in total. The first-order valence-corrected chi connectivity index (χ1v) is 8.15. The number of nitrogens with zero attached hydrogens (tertiary/aromatic N) is 1. The van der Waals surface area contributed by atoms with Crippen molar-refractivity contribution in [2.75, 3.05) is 12.0 Å². The number of carbonyl (C=O) groups excluding carboxylic acids is 2. The summed E-state index contributed by atoms with van der Waals surface area (Å²) in [6, 6.07) is 13.3. The number of amides is 2. The standard InChI is InChI=1S/C19H19FN2O4/c1-25-16-8-7-13(10-14(16)20)22-15(9-12-5-3-2-4-6-12)17(11-18(22)23)26-19(21)24/h2-8,10,15,17H,9,11H2,1H3,(H2,21,24). The minimum atomic E-state index is -0.941. The Balaban J connectivity index is 1.95. The lowest BCUT2D eigenvalue weighted by atomic mass is 10.0. The first kappa shape index (κ1) is 17.7. The van der Waals surface area contributed by atoms with E-state index in [2.05, 4.69) is 0 Å². The van der Waals surface area contributed by atoms with Gasteiger partial charge in [-0.1, -0.05) is 30.3 Å². The Bertz CT molecular complexity index is 812. The third-order valence-electron chi connectivity index (χ3n) is 4.37. The van der Waals surface area contributed by atoms with Crippen molar-refractivity contribution >= 4 is 17.7 Å². The van der Waals surface area contributed by atoms with E-state index in [9.17, 15) is 14.0 Å². The molecule has 1 aliphatic rings. The Kier molecular flexibility index (Phi) is 5.06. The molecule has 2 amide bonds. The molecule has 0 spiro atoms. The number of primary amides is 1. The van der Waals surface area contributed by atoms with Crippen LogP contribution in [0.3, 0.4) is 0 Å². The lowest BCUT2D eigenvalue weighted by Crippen LogP contribution is -2.41. The Morgan fingerprint density at radius 2 is 2.00 bits per heavy atom. The van der Waals surface area contributed by atoms with Crippen molar-refractivity contribution in [1.82, 2.24) is 0 Å². The zero-order valence-electron chi connectivity index (χ0n) is 14.2. The van der Waals surface area contributed by atoms with Crippen LogP contribution < -0.4 is 15.4 Å². The number of nitrogens with two attached hydrogens (primary N) is 1. The van der Waals surface area contributed by atoms with Gasteiger partial charge in [0.2, 0.25) is 5.91 Å². The molecule has 0 aromatic heterocycles. The molecule has 1 saturated heterocycles. The van der Waals surface area contributed by atoms with Crippen LogP contribution in [0.4, 0.5) is 14.9 Å². The Hall–Kier alpha value is -3.09. The molecule has 0 aliphatic carbocycles. The predicted octanol–water partition coefficient (Wildman–Crippen LogP) is 2.65. The molecule has 0 saturated carbocycles. The molecular weight excluding hydrogens is 339 g/mol. The van der Waals surface area contributed by atoms with Crippen LogP contribution in [0.25, 0.3) is 0 Å². The van der Waals surface area contributed by atoms with Gasteiger partial charge in [-0.3, -0.25) is 4.79 Å². The van der Waals surface area contributed by atoms with Crippen molar-refractivity contribution in [2.24, 2.45) is 5.73 Å². The maximum Gasteiger partial charge on any atom is 0.404 e. The van der Waals surface area contributed by atoms with Gasteiger partial charge >= 0.3 is 6.09 Å². The number of hydrogen-bond acceptors (Lipinski definition) is 4. The number of methoxy groups -OCH3 is 1. The normalized spacial score (nSPS) is 19.5. The molecule has 26 heavy (non-hydrogen) atoms. The lowest BCUT2D eigenvalue weighted by Gasteiger charge is -2.28. The van der Waals surface area contributed by atoms with E-state index in [1.807, 2.05) is 30.3 Å². The average Bonchev–Trinajstić information content (AvgIpc) is 2.90. The van der Waals surface area contributed by atoms with E-state index in [0.29, 0.717) is 12.1 Å². The Labute approximate surface area is 150 Å². The summed E-state index contributed by atoms with van der Waals surface area (Å²) < 4.78 is 24.2. The van der Waals surface area contributed by atoms with E-state index in [1.54, 1.807) is 6.07 Å². The zero-order valence-corrected chi connectivity index (χ0v) is 14.2. The molecular formula is C19H19FN2O4. The molecule has 1 aliphatic heterocycles. The van der Waals surface area contributed by atoms with Gasteiger partial charge in [-0.15, -0.1) is 0 Å². The van der Waals surface area contributed by atoms with Crippen molar-refractivity contribution < 1.29 is 23.5 Å². The van der Waals surface area contributed by atoms with Gasteiger partial charge in [-0.05, 0) is 24.1 Å². The van der Waals surface area contributed by atoms with Crippen LogP contribution in [-0.4, -0.2) is 31.3 Å². The highest BCUT2D eigenvalue weighted by Gasteiger charge is 2.43. The zero-order chi connectivity index (χ0) is 18.7. The van der Waals surface area contributed by atoms with Crippen molar-refractivity contribution in [2.45, 2.75) is 25.0 Å². The first-order valence-electron chi connectivity index (χ1n) is 8.15. The number of halogens is 1. The second-order valence-electron chi connectivity index (χ2n) is 6.02. The van der Waals surface area contributed by atoms with Gasteiger partial charge in [-0.25, -0.2) is 9.18 Å². The smallest absolute Gasteiger partial charge is 0.404 e. The molecule has 3 rings (SSSR count). The van der Waals surface area contributed by atoms with Gasteiger partial charge < -0.3 is 20.1 Å². The van der Waals surface area contributed by atoms with E-state index < -0.39 is 24.1 Å². The minimum absolute atomic E-state index is 0.00586. The maximum absolute atomic E-state index is 14.1. The van der Waals surface area contributed by atoms with Crippen LogP contribution in [0.2, 0.25) is 0 Å². The van der Waals surface area contributed by atoms with Crippen LogP contribution in [0.5, 0.6) is 5.75 Å². The van der Waals surface area contributed by atoms with Gasteiger partial charge in [0.25, 0.3) is 0 Å². The molecule has 0 bridgehead atoms. The molecule has 2 unspecified atom stereocenters. The van der Waals surface area contributed by atoms with Crippen molar-refractivity contribution in [1.29, 1.82) is 0 Å². The molecule has 2 aromatic carbocycles. The molecule has 6 nitrogen and oxygen atoms in total. The molecule has 1 fully saturated rings. The number of benzene rings is 2. The summed E-state index contributed by atoms with van der Waals surface area (Å²) in [5.74, 6) is -0.748.